The van der Waals surface area contributed by atoms with E-state index in [0.29, 0.717) is 17.7 Å². The number of anilines is 1. The normalized spacial score (nSPS) is 16.2. The van der Waals surface area contributed by atoms with Crippen molar-refractivity contribution in [1.82, 2.24) is 14.9 Å². The molecule has 7 nitrogen and oxygen atoms in total. The summed E-state index contributed by atoms with van der Waals surface area (Å²) in [4.78, 5) is 43.2. The van der Waals surface area contributed by atoms with Crippen LogP contribution >= 0.6 is 11.6 Å². The summed E-state index contributed by atoms with van der Waals surface area (Å²) in [5.74, 6) is -3.73. The summed E-state index contributed by atoms with van der Waals surface area (Å²) in [6, 6.07) is 8.01. The van der Waals surface area contributed by atoms with Gasteiger partial charge in [0.15, 0.2) is 0 Å². The summed E-state index contributed by atoms with van der Waals surface area (Å²) in [5, 5.41) is 5.22. The van der Waals surface area contributed by atoms with Gasteiger partial charge in [0.1, 0.15) is 17.3 Å². The van der Waals surface area contributed by atoms with E-state index in [0.717, 1.165) is 25.0 Å². The van der Waals surface area contributed by atoms with Crippen molar-refractivity contribution in [1.29, 1.82) is 0 Å². The van der Waals surface area contributed by atoms with Gasteiger partial charge in [-0.25, -0.2) is 13.8 Å². The van der Waals surface area contributed by atoms with E-state index in [1.54, 1.807) is 6.20 Å². The van der Waals surface area contributed by atoms with Gasteiger partial charge in [0, 0.05) is 45.6 Å². The molecule has 214 valence electrons. The Bertz CT molecular complexity index is 1850. The highest BCUT2D eigenvalue weighted by molar-refractivity contribution is 6.31. The lowest BCUT2D eigenvalue weighted by Crippen LogP contribution is -2.21. The average Bonchev–Trinajstić information content (AvgIpc) is 3.72. The Morgan fingerprint density at radius 3 is 2.48 bits per heavy atom. The zero-order valence-corrected chi connectivity index (χ0v) is 22.0. The molecule has 2 aromatic heterocycles. The van der Waals surface area contributed by atoms with E-state index in [1.807, 2.05) is 0 Å². The number of halogens is 6. The molecular formula is C29H18ClF5N4O3. The fourth-order valence-corrected chi connectivity index (χ4v) is 5.11. The number of nitrogens with one attached hydrogen (secondary N) is 2. The van der Waals surface area contributed by atoms with Crippen LogP contribution in [0.25, 0.3) is 11.3 Å². The third-order valence-corrected chi connectivity index (χ3v) is 7.36. The molecule has 1 atom stereocenters. The van der Waals surface area contributed by atoms with Gasteiger partial charge in [-0.15, -0.1) is 0 Å². The number of benzene rings is 2. The van der Waals surface area contributed by atoms with E-state index in [9.17, 15) is 36.3 Å². The molecule has 1 saturated carbocycles. The van der Waals surface area contributed by atoms with Gasteiger partial charge in [0.2, 0.25) is 0 Å². The minimum Gasteiger partial charge on any atom is -0.340 e. The summed E-state index contributed by atoms with van der Waals surface area (Å²) in [5.41, 5.74) is -1.65. The van der Waals surface area contributed by atoms with Crippen molar-refractivity contribution in [3.05, 3.63) is 116 Å². The summed E-state index contributed by atoms with van der Waals surface area (Å²) < 4.78 is 69.8. The molecule has 1 aliphatic carbocycles. The van der Waals surface area contributed by atoms with Crippen molar-refractivity contribution in [2.75, 3.05) is 5.32 Å². The first kappa shape index (κ1) is 27.6. The predicted molar refractivity (Wildman–Crippen MR) is 142 cm³/mol. The molecule has 2 aliphatic rings. The molecule has 0 saturated heterocycles. The van der Waals surface area contributed by atoms with Crippen molar-refractivity contribution in [3.8, 4) is 11.3 Å². The van der Waals surface area contributed by atoms with Gasteiger partial charge in [-0.2, -0.15) is 13.2 Å². The number of hydrogen-bond donors (Lipinski definition) is 2. The number of pyridine rings is 2. The second-order valence-electron chi connectivity index (χ2n) is 9.96. The van der Waals surface area contributed by atoms with Crippen molar-refractivity contribution in [2.45, 2.75) is 31.1 Å². The van der Waals surface area contributed by atoms with Crippen LogP contribution in [0.4, 0.5) is 27.6 Å². The third kappa shape index (κ3) is 5.13. The molecule has 2 amide bonds. The van der Waals surface area contributed by atoms with Crippen LogP contribution in [0.15, 0.2) is 65.6 Å². The number of carbonyl (C=O) groups excluding carboxylic acids is 2. The maximum absolute atomic E-state index is 14.2. The Labute approximate surface area is 239 Å². The zero-order valence-electron chi connectivity index (χ0n) is 21.2. The summed E-state index contributed by atoms with van der Waals surface area (Å²) >= 11 is 6.31. The van der Waals surface area contributed by atoms with Crippen LogP contribution in [0.2, 0.25) is 5.02 Å². The maximum atomic E-state index is 14.2. The van der Waals surface area contributed by atoms with Gasteiger partial charge in [0.25, 0.3) is 17.4 Å². The smallest absolute Gasteiger partial charge is 0.340 e. The largest absolute Gasteiger partial charge is 0.416 e. The number of hydrogen-bond acceptors (Lipinski definition) is 4. The standard InChI is InChI=1S/C29H18ClF5N4O3/c30-20-5-2-16(31)10-19(20)25-24-22(37-27(41)14-7-15(29(33,34)35)9-17(32)8-14)11-21(36-26(24)28(42)38-25)13-1-6-23(40)39(12-13)18-3-4-18/h1-2,5-12,18,25H,3-4H2,(H,38,42)(H,36,37,41)/t25-/m1/s1. The van der Waals surface area contributed by atoms with Crippen LogP contribution in [0.1, 0.15) is 62.5 Å². The molecule has 6 rings (SSSR count). The third-order valence-electron chi connectivity index (χ3n) is 7.02. The number of nitrogens with zero attached hydrogens (tertiary/aromatic N) is 2. The molecule has 0 spiro atoms. The van der Waals surface area contributed by atoms with Crippen LogP contribution in [0, 0.1) is 11.6 Å². The zero-order chi connectivity index (χ0) is 29.9. The van der Waals surface area contributed by atoms with Gasteiger partial charge in [-0.3, -0.25) is 14.4 Å². The lowest BCUT2D eigenvalue weighted by molar-refractivity contribution is -0.137. The van der Waals surface area contributed by atoms with E-state index in [-0.39, 0.29) is 50.9 Å². The number of aromatic nitrogens is 2. The first-order chi connectivity index (χ1) is 19.9. The van der Waals surface area contributed by atoms with Crippen molar-refractivity contribution >= 4 is 29.1 Å². The lowest BCUT2D eigenvalue weighted by Gasteiger charge is -2.19. The molecule has 0 bridgehead atoms. The predicted octanol–water partition coefficient (Wildman–Crippen LogP) is 6.28. The Balaban J connectivity index is 1.50. The van der Waals surface area contributed by atoms with Crippen molar-refractivity contribution < 1.29 is 31.5 Å². The SMILES string of the molecule is O=C(Nc1cc(-c2ccc(=O)n(C3CC3)c2)nc2c1[C@@H](c1cc(F)ccc1Cl)NC2=O)c1cc(F)cc(C(F)(F)F)c1. The average molecular weight is 601 g/mol. The number of alkyl halides is 3. The van der Waals surface area contributed by atoms with E-state index >= 15 is 0 Å². The molecule has 0 unspecified atom stereocenters. The summed E-state index contributed by atoms with van der Waals surface area (Å²) in [6.45, 7) is 0. The molecule has 4 aromatic rings. The molecule has 13 heteroatoms. The van der Waals surface area contributed by atoms with E-state index in [1.165, 1.54) is 28.8 Å². The molecule has 2 aromatic carbocycles. The Morgan fingerprint density at radius 2 is 1.76 bits per heavy atom. The molecule has 1 aliphatic heterocycles. The minimum atomic E-state index is -4.91. The van der Waals surface area contributed by atoms with Gasteiger partial charge in [-0.05, 0) is 61.4 Å². The van der Waals surface area contributed by atoms with Gasteiger partial charge < -0.3 is 15.2 Å². The van der Waals surface area contributed by atoms with Crippen LogP contribution in [0.5, 0.6) is 0 Å². The molecule has 0 radical (unpaired) electrons. The Hall–Kier alpha value is -4.58. The summed E-state index contributed by atoms with van der Waals surface area (Å²) in [7, 11) is 0. The topological polar surface area (TPSA) is 93.1 Å². The molecule has 2 N–H and O–H groups in total. The van der Waals surface area contributed by atoms with E-state index in [4.69, 9.17) is 11.6 Å². The van der Waals surface area contributed by atoms with Crippen LogP contribution in [0.3, 0.4) is 0 Å². The lowest BCUT2D eigenvalue weighted by atomic mass is 9.97. The monoisotopic (exact) mass is 600 g/mol. The van der Waals surface area contributed by atoms with Crippen LogP contribution in [-0.4, -0.2) is 21.4 Å². The van der Waals surface area contributed by atoms with Crippen LogP contribution in [-0.2, 0) is 6.18 Å². The van der Waals surface area contributed by atoms with Gasteiger partial charge >= 0.3 is 6.18 Å². The molecule has 3 heterocycles. The first-order valence-corrected chi connectivity index (χ1v) is 13.0. The fourth-order valence-electron chi connectivity index (χ4n) is 4.88. The number of carbonyl (C=O) groups is 2. The fraction of sp³-hybridized carbons (Fsp3) is 0.172. The van der Waals surface area contributed by atoms with Gasteiger partial charge in [-0.1, -0.05) is 11.6 Å². The Kier molecular flexibility index (Phi) is 6.60. The summed E-state index contributed by atoms with van der Waals surface area (Å²) in [6.07, 6.45) is -1.72. The minimum absolute atomic E-state index is 0.0182. The van der Waals surface area contributed by atoms with E-state index < -0.39 is 46.8 Å². The maximum Gasteiger partial charge on any atom is 0.416 e. The first-order valence-electron chi connectivity index (χ1n) is 12.6. The highest BCUT2D eigenvalue weighted by Gasteiger charge is 2.37. The van der Waals surface area contributed by atoms with Crippen LogP contribution < -0.4 is 16.2 Å². The second kappa shape index (κ2) is 10.1. The highest BCUT2D eigenvalue weighted by Crippen LogP contribution is 2.41. The molecule has 42 heavy (non-hydrogen) atoms. The number of fused-ring (bicyclic) bond motifs is 1. The van der Waals surface area contributed by atoms with Crippen molar-refractivity contribution in [3.63, 3.8) is 0 Å². The molecular weight excluding hydrogens is 583 g/mol. The number of rotatable bonds is 5. The van der Waals surface area contributed by atoms with Gasteiger partial charge in [0.05, 0.1) is 23.0 Å². The molecule has 1 fully saturated rings. The Morgan fingerprint density at radius 1 is 1.00 bits per heavy atom. The number of amides is 2. The highest BCUT2D eigenvalue weighted by atomic mass is 35.5. The van der Waals surface area contributed by atoms with Crippen molar-refractivity contribution in [2.24, 2.45) is 0 Å². The second-order valence-corrected chi connectivity index (χ2v) is 10.4. The quantitative estimate of drug-likeness (QED) is 0.264. The van der Waals surface area contributed by atoms with E-state index in [2.05, 4.69) is 15.6 Å².